The minimum atomic E-state index is -0.753. The number of allylic oxidation sites excluding steroid dienone is 4. The number of carbonyl (C=O) groups excluding carboxylic acids is 1. The van der Waals surface area contributed by atoms with E-state index in [1.165, 1.54) is 5.57 Å². The lowest BCUT2D eigenvalue weighted by Gasteiger charge is -2.56. The average Bonchev–Trinajstić information content (AvgIpc) is 3.41. The molecule has 3 heteroatoms. The van der Waals surface area contributed by atoms with Gasteiger partial charge in [0, 0.05) is 11.8 Å². The van der Waals surface area contributed by atoms with Crippen LogP contribution in [0.3, 0.4) is 0 Å². The van der Waals surface area contributed by atoms with Crippen LogP contribution in [0, 0.1) is 40.9 Å². The van der Waals surface area contributed by atoms with Crippen LogP contribution in [0.4, 0.5) is 0 Å². The molecule has 0 aromatic heterocycles. The molecular formula is C23H30O3. The van der Waals surface area contributed by atoms with Crippen LogP contribution in [-0.2, 0) is 4.79 Å². The second kappa shape index (κ2) is 5.65. The van der Waals surface area contributed by atoms with Crippen molar-refractivity contribution in [2.45, 2.75) is 51.0 Å². The van der Waals surface area contributed by atoms with E-state index < -0.39 is 5.60 Å². The Morgan fingerprint density at radius 3 is 2.92 bits per heavy atom. The Morgan fingerprint density at radius 1 is 1.31 bits per heavy atom. The molecule has 5 rings (SSSR count). The molecule has 5 aliphatic carbocycles. The first kappa shape index (κ1) is 16.9. The van der Waals surface area contributed by atoms with E-state index in [2.05, 4.69) is 19.1 Å². The number of aliphatic hydroxyl groups is 2. The third kappa shape index (κ3) is 1.99. The summed E-state index contributed by atoms with van der Waals surface area (Å²) in [5.74, 6) is 3.52. The molecule has 0 aliphatic heterocycles. The molecule has 0 aromatic carbocycles. The Morgan fingerprint density at radius 2 is 2.15 bits per heavy atom. The minimum absolute atomic E-state index is 0.000368. The SMILES string of the molecule is CC[C@]12CCC3C(C=CC4=CC(=O)CC[C@@H]43)C1[C@@H]1C[C@@H]1C2(O)/C=C\CO. The van der Waals surface area contributed by atoms with Gasteiger partial charge in [-0.05, 0) is 79.3 Å². The third-order valence-corrected chi connectivity index (χ3v) is 8.73. The van der Waals surface area contributed by atoms with Crippen LogP contribution < -0.4 is 0 Å². The van der Waals surface area contributed by atoms with Crippen molar-refractivity contribution in [2.24, 2.45) is 40.9 Å². The highest BCUT2D eigenvalue weighted by Crippen LogP contribution is 2.76. The quantitative estimate of drug-likeness (QED) is 0.764. The van der Waals surface area contributed by atoms with Crippen LogP contribution in [0.15, 0.2) is 36.0 Å². The van der Waals surface area contributed by atoms with Gasteiger partial charge in [0.1, 0.15) is 0 Å². The van der Waals surface area contributed by atoms with Gasteiger partial charge in [-0.15, -0.1) is 0 Å². The molecule has 0 radical (unpaired) electrons. The molecular weight excluding hydrogens is 324 g/mol. The summed E-state index contributed by atoms with van der Waals surface area (Å²) in [4.78, 5) is 11.8. The Kier molecular flexibility index (Phi) is 3.68. The fraction of sp³-hybridized carbons (Fsp3) is 0.696. The van der Waals surface area contributed by atoms with Gasteiger partial charge in [0.05, 0.1) is 12.2 Å². The van der Waals surface area contributed by atoms with Crippen molar-refractivity contribution >= 4 is 5.78 Å². The molecule has 3 fully saturated rings. The number of ketones is 1. The molecule has 26 heavy (non-hydrogen) atoms. The fourth-order valence-electron chi connectivity index (χ4n) is 7.70. The van der Waals surface area contributed by atoms with Gasteiger partial charge < -0.3 is 10.2 Å². The van der Waals surface area contributed by atoms with Gasteiger partial charge in [0.25, 0.3) is 0 Å². The van der Waals surface area contributed by atoms with Gasteiger partial charge in [-0.3, -0.25) is 4.79 Å². The summed E-state index contributed by atoms with van der Waals surface area (Å²) in [5.41, 5.74) is 0.452. The zero-order valence-corrected chi connectivity index (χ0v) is 15.6. The van der Waals surface area contributed by atoms with Crippen molar-refractivity contribution < 1.29 is 15.0 Å². The van der Waals surface area contributed by atoms with E-state index in [4.69, 9.17) is 0 Å². The first-order chi connectivity index (χ1) is 12.6. The summed E-state index contributed by atoms with van der Waals surface area (Å²) < 4.78 is 0. The third-order valence-electron chi connectivity index (χ3n) is 8.73. The number of fused-ring (bicyclic) bond motifs is 7. The summed E-state index contributed by atoms with van der Waals surface area (Å²) in [5, 5.41) is 21.0. The highest BCUT2D eigenvalue weighted by molar-refractivity contribution is 5.91. The van der Waals surface area contributed by atoms with Crippen molar-refractivity contribution in [3.05, 3.63) is 36.0 Å². The number of hydrogen-bond acceptors (Lipinski definition) is 3. The molecule has 3 saturated carbocycles. The molecule has 0 heterocycles. The van der Waals surface area contributed by atoms with E-state index in [1.54, 1.807) is 6.08 Å². The van der Waals surface area contributed by atoms with Gasteiger partial charge in [-0.25, -0.2) is 0 Å². The lowest BCUT2D eigenvalue weighted by molar-refractivity contribution is -0.118. The molecule has 0 aromatic rings. The largest absolute Gasteiger partial charge is 0.392 e. The summed E-state index contributed by atoms with van der Waals surface area (Å²) in [6, 6.07) is 0. The summed E-state index contributed by atoms with van der Waals surface area (Å²) in [7, 11) is 0. The number of carbonyl (C=O) groups is 1. The Bertz CT molecular complexity index is 719. The van der Waals surface area contributed by atoms with Crippen LogP contribution in [0.25, 0.3) is 0 Å². The normalized spacial score (nSPS) is 51.5. The van der Waals surface area contributed by atoms with E-state index in [0.717, 1.165) is 32.1 Å². The maximum atomic E-state index is 11.8. The lowest BCUT2D eigenvalue weighted by Crippen LogP contribution is -2.55. The van der Waals surface area contributed by atoms with Crippen LogP contribution in [0.1, 0.15) is 45.4 Å². The molecule has 8 atom stereocenters. The second-order valence-electron chi connectivity index (χ2n) is 9.35. The predicted octanol–water partition coefficient (Wildman–Crippen LogP) is 3.43. The summed E-state index contributed by atoms with van der Waals surface area (Å²) in [6.07, 6.45) is 16.2. The summed E-state index contributed by atoms with van der Waals surface area (Å²) in [6.45, 7) is 2.24. The fourth-order valence-corrected chi connectivity index (χ4v) is 7.70. The predicted molar refractivity (Wildman–Crippen MR) is 100 cm³/mol. The Labute approximate surface area is 155 Å². The first-order valence-electron chi connectivity index (χ1n) is 10.5. The average molecular weight is 354 g/mol. The van der Waals surface area contributed by atoms with Gasteiger partial charge in [0.15, 0.2) is 5.78 Å². The van der Waals surface area contributed by atoms with Crippen molar-refractivity contribution in [1.82, 2.24) is 0 Å². The highest BCUT2D eigenvalue weighted by Gasteiger charge is 2.75. The molecule has 5 aliphatic rings. The highest BCUT2D eigenvalue weighted by atomic mass is 16.3. The maximum absolute atomic E-state index is 11.8. The van der Waals surface area contributed by atoms with E-state index in [-0.39, 0.29) is 17.8 Å². The van der Waals surface area contributed by atoms with Crippen molar-refractivity contribution in [2.75, 3.05) is 6.61 Å². The molecule has 0 amide bonds. The molecule has 0 spiro atoms. The van der Waals surface area contributed by atoms with Gasteiger partial charge in [-0.1, -0.05) is 31.2 Å². The zero-order valence-electron chi connectivity index (χ0n) is 15.6. The van der Waals surface area contributed by atoms with Crippen LogP contribution in [0.5, 0.6) is 0 Å². The summed E-state index contributed by atoms with van der Waals surface area (Å²) >= 11 is 0. The van der Waals surface area contributed by atoms with Gasteiger partial charge in [-0.2, -0.15) is 0 Å². The van der Waals surface area contributed by atoms with Gasteiger partial charge in [0.2, 0.25) is 0 Å². The zero-order chi connectivity index (χ0) is 18.1. The van der Waals surface area contributed by atoms with Crippen LogP contribution in [0.2, 0.25) is 0 Å². The van der Waals surface area contributed by atoms with E-state index in [0.29, 0.717) is 41.9 Å². The molecule has 3 nitrogen and oxygen atoms in total. The molecule has 4 unspecified atom stereocenters. The van der Waals surface area contributed by atoms with E-state index >= 15 is 0 Å². The maximum Gasteiger partial charge on any atom is 0.155 e. The lowest BCUT2D eigenvalue weighted by atomic mass is 9.49. The first-order valence-corrected chi connectivity index (χ1v) is 10.5. The van der Waals surface area contributed by atoms with Crippen LogP contribution in [-0.4, -0.2) is 28.2 Å². The minimum Gasteiger partial charge on any atom is -0.392 e. The number of aliphatic hydroxyl groups excluding tert-OH is 1. The van der Waals surface area contributed by atoms with E-state index in [9.17, 15) is 15.0 Å². The number of rotatable bonds is 3. The molecule has 0 bridgehead atoms. The van der Waals surface area contributed by atoms with Crippen molar-refractivity contribution in [1.29, 1.82) is 0 Å². The Balaban J connectivity index is 1.55. The molecule has 2 N–H and O–H groups in total. The van der Waals surface area contributed by atoms with Gasteiger partial charge >= 0.3 is 0 Å². The smallest absolute Gasteiger partial charge is 0.155 e. The van der Waals surface area contributed by atoms with Crippen molar-refractivity contribution in [3.8, 4) is 0 Å². The number of hydrogen-bond donors (Lipinski definition) is 2. The van der Waals surface area contributed by atoms with Crippen molar-refractivity contribution in [3.63, 3.8) is 0 Å². The van der Waals surface area contributed by atoms with Crippen LogP contribution >= 0.6 is 0 Å². The monoisotopic (exact) mass is 354 g/mol. The topological polar surface area (TPSA) is 57.5 Å². The molecule has 140 valence electrons. The van der Waals surface area contributed by atoms with E-state index in [1.807, 2.05) is 12.2 Å². The Hall–Kier alpha value is -1.19. The molecule has 0 saturated heterocycles. The second-order valence-corrected chi connectivity index (χ2v) is 9.35. The standard InChI is InChI=1S/C23H30O3/c1-2-22-10-8-17-16-7-5-15(25)12-14(16)4-6-18(17)21(22)19-13-20(19)23(22,26)9-3-11-24/h3-4,6,9,12,16-21,24,26H,2,5,7-8,10-11,13H2,1H3/b9-3-/t16-,17?,18?,19+,20-,21?,22-,23?/m0/s1.